The van der Waals surface area contributed by atoms with Crippen LogP contribution >= 0.6 is 0 Å². The fourth-order valence-electron chi connectivity index (χ4n) is 4.82. The normalized spacial score (nSPS) is 29.7. The quantitative estimate of drug-likeness (QED) is 0.441. The fourth-order valence-corrected chi connectivity index (χ4v) is 6.47. The molecule has 0 aromatic carbocycles. The van der Waals surface area contributed by atoms with Crippen LogP contribution in [0.15, 0.2) is 23.8 Å². The van der Waals surface area contributed by atoms with Gasteiger partial charge in [-0.15, -0.1) is 0 Å². The van der Waals surface area contributed by atoms with Crippen LogP contribution in [0, 0.1) is 17.3 Å². The third-order valence-corrected chi connectivity index (χ3v) is 6.76. The van der Waals surface area contributed by atoms with E-state index in [4.69, 9.17) is 4.43 Å². The lowest BCUT2D eigenvalue weighted by molar-refractivity contribution is -0.128. The molecule has 0 aromatic heterocycles. The van der Waals surface area contributed by atoms with E-state index in [-0.39, 0.29) is 16.9 Å². The topological polar surface area (TPSA) is 26.3 Å². The van der Waals surface area contributed by atoms with Gasteiger partial charge in [-0.25, -0.2) is 0 Å². The van der Waals surface area contributed by atoms with E-state index in [1.165, 1.54) is 12.0 Å². The van der Waals surface area contributed by atoms with E-state index in [1.807, 2.05) is 0 Å². The Hall–Kier alpha value is -0.673. The number of carbonyl (C=O) groups excluding carboxylic acids is 1. The van der Waals surface area contributed by atoms with Crippen molar-refractivity contribution in [3.8, 4) is 0 Å². The zero-order valence-corrected chi connectivity index (χ0v) is 17.7. The second-order valence-corrected chi connectivity index (χ2v) is 14.0. The SMILES string of the molecule is C[C@@H](C/C=C/C(C)(C)O[Si](C)(C)C)C1=CC[C@H]2C(=O)CCC[C@]12C. The average Bonchev–Trinajstić information content (AvgIpc) is 2.74. The Morgan fingerprint density at radius 1 is 1.42 bits per heavy atom. The van der Waals surface area contributed by atoms with Gasteiger partial charge in [-0.05, 0) is 70.5 Å². The molecule has 0 radical (unpaired) electrons. The van der Waals surface area contributed by atoms with E-state index in [0.29, 0.717) is 11.7 Å². The summed E-state index contributed by atoms with van der Waals surface area (Å²) in [6.07, 6.45) is 11.9. The van der Waals surface area contributed by atoms with Gasteiger partial charge in [0.15, 0.2) is 8.32 Å². The first-order valence-electron chi connectivity index (χ1n) is 9.56. The molecule has 3 heteroatoms. The van der Waals surface area contributed by atoms with Gasteiger partial charge in [0.2, 0.25) is 0 Å². The maximum Gasteiger partial charge on any atom is 0.184 e. The van der Waals surface area contributed by atoms with Gasteiger partial charge in [-0.1, -0.05) is 37.6 Å². The summed E-state index contributed by atoms with van der Waals surface area (Å²) >= 11 is 0. The zero-order valence-electron chi connectivity index (χ0n) is 16.7. The Labute approximate surface area is 149 Å². The van der Waals surface area contributed by atoms with Crippen LogP contribution in [0.5, 0.6) is 0 Å². The number of carbonyl (C=O) groups is 1. The van der Waals surface area contributed by atoms with Crippen LogP contribution in [0.25, 0.3) is 0 Å². The van der Waals surface area contributed by atoms with E-state index in [0.717, 1.165) is 25.7 Å². The van der Waals surface area contributed by atoms with Gasteiger partial charge in [0.25, 0.3) is 0 Å². The standard InChI is InChI=1S/C21H36O2Si/c1-16(10-8-14-20(2,3)23-24(5,6)7)17-12-13-18-19(22)11-9-15-21(17,18)4/h8,12,14,16,18H,9-11,13,15H2,1-7H3/b14-8+/t16-,18-,21+/m0/s1. The monoisotopic (exact) mass is 348 g/mol. The van der Waals surface area contributed by atoms with Crippen molar-refractivity contribution < 1.29 is 9.22 Å². The summed E-state index contributed by atoms with van der Waals surface area (Å²) in [5, 5.41) is 0. The van der Waals surface area contributed by atoms with Crippen LogP contribution in [-0.4, -0.2) is 19.7 Å². The second-order valence-electron chi connectivity index (χ2n) is 9.54. The molecule has 3 atom stereocenters. The molecule has 2 aliphatic rings. The van der Waals surface area contributed by atoms with Crippen molar-refractivity contribution in [3.63, 3.8) is 0 Å². The summed E-state index contributed by atoms with van der Waals surface area (Å²) < 4.78 is 6.25. The van der Waals surface area contributed by atoms with Crippen LogP contribution in [0.2, 0.25) is 19.6 Å². The molecule has 2 nitrogen and oxygen atoms in total. The summed E-state index contributed by atoms with van der Waals surface area (Å²) in [4.78, 5) is 12.3. The molecule has 0 heterocycles. The first kappa shape index (κ1) is 19.6. The van der Waals surface area contributed by atoms with E-state index >= 15 is 0 Å². The van der Waals surface area contributed by atoms with Gasteiger partial charge < -0.3 is 4.43 Å². The van der Waals surface area contributed by atoms with Crippen molar-refractivity contribution in [1.82, 2.24) is 0 Å². The van der Waals surface area contributed by atoms with Crippen LogP contribution in [0.4, 0.5) is 0 Å². The maximum atomic E-state index is 12.3. The number of hydrogen-bond donors (Lipinski definition) is 0. The molecule has 136 valence electrons. The smallest absolute Gasteiger partial charge is 0.184 e. The molecule has 0 saturated heterocycles. The largest absolute Gasteiger partial charge is 0.409 e. The maximum absolute atomic E-state index is 12.3. The molecule has 0 aromatic rings. The van der Waals surface area contributed by atoms with Crippen molar-refractivity contribution >= 4 is 14.1 Å². The van der Waals surface area contributed by atoms with Crippen LogP contribution in [-0.2, 0) is 9.22 Å². The molecule has 24 heavy (non-hydrogen) atoms. The van der Waals surface area contributed by atoms with Crippen molar-refractivity contribution in [2.75, 3.05) is 0 Å². The van der Waals surface area contributed by atoms with Crippen molar-refractivity contribution in [2.45, 2.75) is 85.0 Å². The number of hydrogen-bond acceptors (Lipinski definition) is 2. The van der Waals surface area contributed by atoms with Gasteiger partial charge in [-0.2, -0.15) is 0 Å². The summed E-state index contributed by atoms with van der Waals surface area (Å²) in [5.41, 5.74) is 1.45. The van der Waals surface area contributed by atoms with Crippen molar-refractivity contribution in [3.05, 3.63) is 23.8 Å². The van der Waals surface area contributed by atoms with Crippen LogP contribution in [0.1, 0.15) is 59.8 Å². The third-order valence-electron chi connectivity index (χ3n) is 5.62. The lowest BCUT2D eigenvalue weighted by Gasteiger charge is -2.40. The lowest BCUT2D eigenvalue weighted by Crippen LogP contribution is -2.37. The van der Waals surface area contributed by atoms with E-state index in [2.05, 4.69) is 65.6 Å². The van der Waals surface area contributed by atoms with E-state index in [9.17, 15) is 4.79 Å². The van der Waals surface area contributed by atoms with Crippen molar-refractivity contribution in [1.29, 1.82) is 0 Å². The molecule has 1 saturated carbocycles. The highest BCUT2D eigenvalue weighted by atomic mass is 28.4. The van der Waals surface area contributed by atoms with Crippen molar-refractivity contribution in [2.24, 2.45) is 17.3 Å². The Balaban J connectivity index is 1.99. The van der Waals surface area contributed by atoms with E-state index in [1.54, 1.807) is 0 Å². The molecule has 2 rings (SSSR count). The minimum atomic E-state index is -1.54. The van der Waals surface area contributed by atoms with Gasteiger partial charge in [0.05, 0.1) is 5.60 Å². The molecule has 1 fully saturated rings. The van der Waals surface area contributed by atoms with Crippen LogP contribution < -0.4 is 0 Å². The summed E-state index contributed by atoms with van der Waals surface area (Å²) in [5.74, 6) is 1.24. The number of allylic oxidation sites excluding steroid dienone is 3. The van der Waals surface area contributed by atoms with Gasteiger partial charge in [-0.3, -0.25) is 4.79 Å². The number of ketones is 1. The van der Waals surface area contributed by atoms with Gasteiger partial charge >= 0.3 is 0 Å². The summed E-state index contributed by atoms with van der Waals surface area (Å²) in [6.45, 7) is 15.6. The lowest BCUT2D eigenvalue weighted by atomic mass is 9.63. The third kappa shape index (κ3) is 4.48. The predicted molar refractivity (Wildman–Crippen MR) is 105 cm³/mol. The minimum absolute atomic E-state index is 0.118. The fraction of sp³-hybridized carbons (Fsp3) is 0.762. The Bertz CT molecular complexity index is 539. The Kier molecular flexibility index (Phi) is 5.66. The molecular weight excluding hydrogens is 312 g/mol. The molecular formula is C21H36O2Si. The van der Waals surface area contributed by atoms with Gasteiger partial charge in [0, 0.05) is 12.3 Å². The van der Waals surface area contributed by atoms with Crippen LogP contribution in [0.3, 0.4) is 0 Å². The molecule has 0 N–H and O–H groups in total. The highest BCUT2D eigenvalue weighted by molar-refractivity contribution is 6.69. The summed E-state index contributed by atoms with van der Waals surface area (Å²) in [7, 11) is -1.54. The minimum Gasteiger partial charge on any atom is -0.409 e. The molecule has 0 spiro atoms. The number of Topliss-reactive ketones (excluding diaryl/α,β-unsaturated/α-hetero) is 1. The van der Waals surface area contributed by atoms with Gasteiger partial charge in [0.1, 0.15) is 5.78 Å². The zero-order chi connectivity index (χ0) is 18.2. The highest BCUT2D eigenvalue weighted by Crippen LogP contribution is 2.53. The first-order valence-corrected chi connectivity index (χ1v) is 13.0. The second kappa shape index (κ2) is 6.91. The predicted octanol–water partition coefficient (Wildman–Crippen LogP) is 5.90. The molecule has 0 unspecified atom stereocenters. The molecule has 0 bridgehead atoms. The molecule has 0 amide bonds. The number of fused-ring (bicyclic) bond motifs is 1. The first-order chi connectivity index (χ1) is 10.9. The number of rotatable bonds is 6. The summed E-state index contributed by atoms with van der Waals surface area (Å²) in [6, 6.07) is 0. The van der Waals surface area contributed by atoms with E-state index < -0.39 is 8.32 Å². The highest BCUT2D eigenvalue weighted by Gasteiger charge is 2.47. The molecule has 0 aliphatic heterocycles. The Morgan fingerprint density at radius 3 is 2.71 bits per heavy atom. The molecule has 2 aliphatic carbocycles. The average molecular weight is 349 g/mol. The Morgan fingerprint density at radius 2 is 2.08 bits per heavy atom.